The Bertz CT molecular complexity index is 595. The molecule has 2 rings (SSSR count). The van der Waals surface area contributed by atoms with Gasteiger partial charge in [0.2, 0.25) is 0 Å². The van der Waals surface area contributed by atoms with Crippen LogP contribution in [-0.2, 0) is 7.05 Å². The lowest BCUT2D eigenvalue weighted by Gasteiger charge is -2.12. The molecule has 6 nitrogen and oxygen atoms in total. The number of nitrogens with one attached hydrogen (secondary N) is 1. The maximum absolute atomic E-state index is 12.1. The molecule has 0 aliphatic carbocycles. The average molecular weight is 275 g/mol. The molecule has 1 atom stereocenters. The van der Waals surface area contributed by atoms with Crippen molar-refractivity contribution in [2.24, 2.45) is 7.05 Å². The number of aromatic nitrogens is 2. The Kier molecular flexibility index (Phi) is 4.37. The number of aryl methyl sites for hydroxylation is 1. The van der Waals surface area contributed by atoms with Crippen LogP contribution in [0.15, 0.2) is 36.5 Å². The number of anilines is 1. The minimum absolute atomic E-state index is 0.0790. The van der Waals surface area contributed by atoms with Crippen LogP contribution in [0, 0.1) is 0 Å². The Hall–Kier alpha value is -2.34. The van der Waals surface area contributed by atoms with E-state index in [-0.39, 0.29) is 18.6 Å². The van der Waals surface area contributed by atoms with Crippen molar-refractivity contribution in [2.45, 2.75) is 13.0 Å². The molecule has 6 heteroatoms. The van der Waals surface area contributed by atoms with Crippen molar-refractivity contribution < 1.29 is 14.6 Å². The van der Waals surface area contributed by atoms with Gasteiger partial charge >= 0.3 is 0 Å². The van der Waals surface area contributed by atoms with Crippen LogP contribution in [0.1, 0.15) is 17.3 Å². The highest BCUT2D eigenvalue weighted by Crippen LogP contribution is 2.16. The molecule has 0 saturated heterocycles. The van der Waals surface area contributed by atoms with E-state index in [1.807, 2.05) is 0 Å². The van der Waals surface area contributed by atoms with Gasteiger partial charge in [0.05, 0.1) is 6.61 Å². The fraction of sp³-hybridized carbons (Fsp3) is 0.286. The van der Waals surface area contributed by atoms with Crippen LogP contribution in [0.5, 0.6) is 5.75 Å². The zero-order chi connectivity index (χ0) is 14.5. The van der Waals surface area contributed by atoms with Crippen molar-refractivity contribution in [3.8, 4) is 5.75 Å². The summed E-state index contributed by atoms with van der Waals surface area (Å²) in [7, 11) is 1.78. The quantitative estimate of drug-likeness (QED) is 0.865. The molecule has 0 aliphatic heterocycles. The van der Waals surface area contributed by atoms with Gasteiger partial charge in [-0.3, -0.25) is 9.48 Å². The van der Waals surface area contributed by atoms with Crippen molar-refractivity contribution in [1.29, 1.82) is 0 Å². The summed E-state index contributed by atoms with van der Waals surface area (Å²) >= 11 is 0. The lowest BCUT2D eigenvalue weighted by Crippen LogP contribution is -2.17. The number of rotatable bonds is 5. The van der Waals surface area contributed by atoms with Crippen molar-refractivity contribution >= 4 is 11.7 Å². The number of aliphatic hydroxyl groups is 1. The molecule has 2 N–H and O–H groups in total. The van der Waals surface area contributed by atoms with E-state index in [0.717, 1.165) is 0 Å². The lowest BCUT2D eigenvalue weighted by atomic mass is 10.2. The second-order valence-electron chi connectivity index (χ2n) is 4.47. The van der Waals surface area contributed by atoms with E-state index in [1.165, 1.54) is 0 Å². The number of carbonyl (C=O) groups excluding carboxylic acids is 1. The molecular weight excluding hydrogens is 258 g/mol. The van der Waals surface area contributed by atoms with Gasteiger partial charge in [0, 0.05) is 24.9 Å². The third kappa shape index (κ3) is 3.58. The maximum atomic E-state index is 12.1. The Morgan fingerprint density at radius 1 is 1.50 bits per heavy atom. The number of nitrogens with zero attached hydrogens (tertiary/aromatic N) is 2. The molecule has 0 spiro atoms. The predicted molar refractivity (Wildman–Crippen MR) is 74.8 cm³/mol. The standard InChI is InChI=1S/C14H17N3O3/c1-10(9-18)20-12-5-3-4-11(8-12)14(19)15-13-6-7-17(2)16-13/h3-8,10,18H,9H2,1-2H3,(H,15,16,19)/t10-/m0/s1. The van der Waals surface area contributed by atoms with Crippen molar-refractivity contribution in [1.82, 2.24) is 9.78 Å². The van der Waals surface area contributed by atoms with E-state index in [1.54, 1.807) is 55.2 Å². The van der Waals surface area contributed by atoms with E-state index in [0.29, 0.717) is 17.1 Å². The normalized spacial score (nSPS) is 11.9. The number of carbonyl (C=O) groups is 1. The zero-order valence-electron chi connectivity index (χ0n) is 11.4. The van der Waals surface area contributed by atoms with E-state index in [4.69, 9.17) is 9.84 Å². The highest BCUT2D eigenvalue weighted by atomic mass is 16.5. The summed E-state index contributed by atoms with van der Waals surface area (Å²) in [6, 6.07) is 8.50. The van der Waals surface area contributed by atoms with Crippen LogP contribution >= 0.6 is 0 Å². The third-order valence-electron chi connectivity index (χ3n) is 2.65. The number of ether oxygens (including phenoxy) is 1. The zero-order valence-corrected chi connectivity index (χ0v) is 11.4. The predicted octanol–water partition coefficient (Wildman–Crippen LogP) is 1.43. The van der Waals surface area contributed by atoms with Gasteiger partial charge in [-0.15, -0.1) is 0 Å². The number of amides is 1. The Labute approximate surface area is 117 Å². The molecule has 0 bridgehead atoms. The highest BCUT2D eigenvalue weighted by Gasteiger charge is 2.10. The van der Waals surface area contributed by atoms with Crippen molar-refractivity contribution in [3.05, 3.63) is 42.1 Å². The Balaban J connectivity index is 2.08. The fourth-order valence-electron chi connectivity index (χ4n) is 1.65. The highest BCUT2D eigenvalue weighted by molar-refractivity contribution is 6.03. The largest absolute Gasteiger partial charge is 0.488 e. The molecule has 1 aromatic heterocycles. The molecule has 20 heavy (non-hydrogen) atoms. The second kappa shape index (κ2) is 6.21. The first-order chi connectivity index (χ1) is 9.58. The summed E-state index contributed by atoms with van der Waals surface area (Å²) in [5.74, 6) is 0.776. The topological polar surface area (TPSA) is 76.4 Å². The van der Waals surface area contributed by atoms with Crippen LogP contribution in [0.2, 0.25) is 0 Å². The number of benzene rings is 1. The van der Waals surface area contributed by atoms with Crippen LogP contribution < -0.4 is 10.1 Å². The molecule has 2 aromatic rings. The minimum atomic E-state index is -0.316. The molecule has 1 amide bonds. The summed E-state index contributed by atoms with van der Waals surface area (Å²) in [4.78, 5) is 12.1. The summed E-state index contributed by atoms with van der Waals surface area (Å²) in [5, 5.41) is 15.7. The smallest absolute Gasteiger partial charge is 0.256 e. The second-order valence-corrected chi connectivity index (χ2v) is 4.47. The SMILES string of the molecule is C[C@@H](CO)Oc1cccc(C(=O)Nc2ccn(C)n2)c1. The molecule has 0 saturated carbocycles. The first-order valence-corrected chi connectivity index (χ1v) is 6.27. The monoisotopic (exact) mass is 275 g/mol. The van der Waals surface area contributed by atoms with E-state index in [9.17, 15) is 4.79 Å². The third-order valence-corrected chi connectivity index (χ3v) is 2.65. The minimum Gasteiger partial charge on any atom is -0.488 e. The van der Waals surface area contributed by atoms with Crippen LogP contribution in [-0.4, -0.2) is 33.5 Å². The van der Waals surface area contributed by atoms with Gasteiger partial charge in [0.15, 0.2) is 5.82 Å². The molecule has 0 unspecified atom stereocenters. The lowest BCUT2D eigenvalue weighted by molar-refractivity contribution is 0.102. The van der Waals surface area contributed by atoms with Crippen LogP contribution in [0.3, 0.4) is 0 Å². The van der Waals surface area contributed by atoms with E-state index < -0.39 is 0 Å². The van der Waals surface area contributed by atoms with Gasteiger partial charge in [0.25, 0.3) is 5.91 Å². The van der Waals surface area contributed by atoms with E-state index in [2.05, 4.69) is 10.4 Å². The summed E-state index contributed by atoms with van der Waals surface area (Å²) in [6.45, 7) is 1.67. The number of hydrogen-bond acceptors (Lipinski definition) is 4. The Morgan fingerprint density at radius 2 is 2.30 bits per heavy atom. The first-order valence-electron chi connectivity index (χ1n) is 6.27. The number of aliphatic hydroxyl groups excluding tert-OH is 1. The average Bonchev–Trinajstić information content (AvgIpc) is 2.84. The van der Waals surface area contributed by atoms with Gasteiger partial charge in [-0.05, 0) is 25.1 Å². The van der Waals surface area contributed by atoms with Crippen molar-refractivity contribution in [3.63, 3.8) is 0 Å². The Morgan fingerprint density at radius 3 is 2.95 bits per heavy atom. The molecule has 0 aliphatic rings. The summed E-state index contributed by atoms with van der Waals surface area (Å²) < 4.78 is 7.07. The fourth-order valence-corrected chi connectivity index (χ4v) is 1.65. The molecule has 106 valence electrons. The molecule has 1 heterocycles. The molecule has 0 radical (unpaired) electrons. The van der Waals surface area contributed by atoms with Gasteiger partial charge in [-0.25, -0.2) is 0 Å². The molecule has 0 fully saturated rings. The van der Waals surface area contributed by atoms with Gasteiger partial charge < -0.3 is 15.2 Å². The first kappa shape index (κ1) is 14.1. The van der Waals surface area contributed by atoms with Crippen LogP contribution in [0.4, 0.5) is 5.82 Å². The maximum Gasteiger partial charge on any atom is 0.256 e. The molecular formula is C14H17N3O3. The summed E-state index contributed by atoms with van der Waals surface area (Å²) in [6.07, 6.45) is 1.43. The van der Waals surface area contributed by atoms with Crippen molar-refractivity contribution in [2.75, 3.05) is 11.9 Å². The van der Waals surface area contributed by atoms with Crippen LogP contribution in [0.25, 0.3) is 0 Å². The number of hydrogen-bond donors (Lipinski definition) is 2. The van der Waals surface area contributed by atoms with E-state index >= 15 is 0 Å². The summed E-state index contributed by atoms with van der Waals surface area (Å²) in [5.41, 5.74) is 0.471. The van der Waals surface area contributed by atoms with Gasteiger partial charge in [-0.2, -0.15) is 5.10 Å². The van der Waals surface area contributed by atoms with Gasteiger partial charge in [-0.1, -0.05) is 6.07 Å². The van der Waals surface area contributed by atoms with Gasteiger partial charge in [0.1, 0.15) is 11.9 Å². The molecule has 1 aromatic carbocycles.